The first-order valence-electron chi connectivity index (χ1n) is 9.77. The highest BCUT2D eigenvalue weighted by atomic mass is 16.5. The van der Waals surface area contributed by atoms with Gasteiger partial charge in [0.2, 0.25) is 0 Å². The second-order valence-electron chi connectivity index (χ2n) is 7.17. The van der Waals surface area contributed by atoms with Crippen LogP contribution in [0.3, 0.4) is 0 Å². The Bertz CT molecular complexity index is 1120. The van der Waals surface area contributed by atoms with Gasteiger partial charge in [-0.15, -0.1) is 6.42 Å². The van der Waals surface area contributed by atoms with Gasteiger partial charge in [0.25, 0.3) is 5.91 Å². The number of aromatic amines is 1. The third-order valence-electron chi connectivity index (χ3n) is 5.35. The highest BCUT2D eigenvalue weighted by molar-refractivity contribution is 5.87. The number of nitrogens with one attached hydrogen (secondary N) is 2. The standard InChI is InChI=1S/C23H22N4O3/c1-3-15-11-12-17-18(14-15)25-21(24-17)19-10-7-13-27(19)22(28)20(26-23(29)30-2)16-8-5-4-6-9-16/h1,4-6,8-9,11-12,14,19-20H,7,10,13H2,2H3,(H,24,25)(H,26,29)/t19-,20+/m0/s1. The summed E-state index contributed by atoms with van der Waals surface area (Å²) in [5, 5.41) is 2.67. The molecule has 30 heavy (non-hydrogen) atoms. The summed E-state index contributed by atoms with van der Waals surface area (Å²) in [7, 11) is 1.28. The van der Waals surface area contributed by atoms with E-state index >= 15 is 0 Å². The molecule has 2 heterocycles. The SMILES string of the molecule is C#Cc1ccc2[nH]c([C@@H]3CCCN3C(=O)[C@H](NC(=O)OC)c3ccccc3)nc2c1. The van der Waals surface area contributed by atoms with Gasteiger partial charge in [-0.2, -0.15) is 0 Å². The average Bonchev–Trinajstić information content (AvgIpc) is 3.43. The van der Waals surface area contributed by atoms with E-state index in [2.05, 4.69) is 21.2 Å². The van der Waals surface area contributed by atoms with Crippen LogP contribution in [0, 0.1) is 12.3 Å². The summed E-state index contributed by atoms with van der Waals surface area (Å²) < 4.78 is 4.73. The number of hydrogen-bond donors (Lipinski definition) is 2. The molecule has 1 fully saturated rings. The van der Waals surface area contributed by atoms with Crippen LogP contribution in [0.15, 0.2) is 48.5 Å². The molecule has 2 aromatic carbocycles. The van der Waals surface area contributed by atoms with Crippen molar-refractivity contribution in [3.63, 3.8) is 0 Å². The fourth-order valence-corrected chi connectivity index (χ4v) is 3.86. The third kappa shape index (κ3) is 3.72. The molecule has 7 heteroatoms. The number of imidazole rings is 1. The van der Waals surface area contributed by atoms with E-state index in [0.29, 0.717) is 12.1 Å². The fourth-order valence-electron chi connectivity index (χ4n) is 3.86. The lowest BCUT2D eigenvalue weighted by Gasteiger charge is -2.28. The van der Waals surface area contributed by atoms with Gasteiger partial charge in [0.05, 0.1) is 24.2 Å². The number of aromatic nitrogens is 2. The topological polar surface area (TPSA) is 87.3 Å². The Labute approximate surface area is 174 Å². The highest BCUT2D eigenvalue weighted by Crippen LogP contribution is 2.34. The van der Waals surface area contributed by atoms with Gasteiger partial charge >= 0.3 is 6.09 Å². The summed E-state index contributed by atoms with van der Waals surface area (Å²) in [4.78, 5) is 35.2. The normalized spacial score (nSPS) is 16.8. The average molecular weight is 402 g/mol. The van der Waals surface area contributed by atoms with E-state index in [9.17, 15) is 9.59 Å². The first kappa shape index (κ1) is 19.5. The van der Waals surface area contributed by atoms with Crippen molar-refractivity contribution in [3.05, 3.63) is 65.5 Å². The molecular formula is C23H22N4O3. The number of hydrogen-bond acceptors (Lipinski definition) is 4. The van der Waals surface area contributed by atoms with Crippen LogP contribution < -0.4 is 5.32 Å². The number of H-pyrrole nitrogens is 1. The number of carbonyl (C=O) groups is 2. The molecule has 1 aromatic heterocycles. The summed E-state index contributed by atoms with van der Waals surface area (Å²) in [5.74, 6) is 3.13. The van der Waals surface area contributed by atoms with Crippen LogP contribution in [0.1, 0.15) is 41.9 Å². The zero-order valence-corrected chi connectivity index (χ0v) is 16.6. The van der Waals surface area contributed by atoms with Crippen molar-refractivity contribution in [2.24, 2.45) is 0 Å². The zero-order valence-electron chi connectivity index (χ0n) is 16.6. The minimum absolute atomic E-state index is 0.195. The van der Waals surface area contributed by atoms with E-state index in [1.807, 2.05) is 48.5 Å². The number of nitrogens with zero attached hydrogens (tertiary/aromatic N) is 2. The van der Waals surface area contributed by atoms with Crippen LogP contribution >= 0.6 is 0 Å². The molecule has 1 saturated heterocycles. The molecule has 2 amide bonds. The van der Waals surface area contributed by atoms with E-state index in [-0.39, 0.29) is 11.9 Å². The van der Waals surface area contributed by atoms with Crippen LogP contribution in [0.5, 0.6) is 0 Å². The molecule has 0 unspecified atom stereocenters. The van der Waals surface area contributed by atoms with E-state index < -0.39 is 12.1 Å². The third-order valence-corrected chi connectivity index (χ3v) is 5.35. The zero-order chi connectivity index (χ0) is 21.1. The second kappa shape index (κ2) is 8.29. The molecule has 4 rings (SSSR count). The summed E-state index contributed by atoms with van der Waals surface area (Å²) in [6, 6.07) is 13.7. The van der Waals surface area contributed by atoms with Crippen molar-refractivity contribution in [2.45, 2.75) is 24.9 Å². The number of benzene rings is 2. The van der Waals surface area contributed by atoms with Crippen molar-refractivity contribution < 1.29 is 14.3 Å². The van der Waals surface area contributed by atoms with Gasteiger partial charge in [-0.3, -0.25) is 4.79 Å². The number of likely N-dealkylation sites (tertiary alicyclic amines) is 1. The maximum absolute atomic E-state index is 13.5. The minimum atomic E-state index is -0.836. The van der Waals surface area contributed by atoms with Gasteiger partial charge in [0.15, 0.2) is 0 Å². The Kier molecular flexibility index (Phi) is 5.40. The Morgan fingerprint density at radius 2 is 2.10 bits per heavy atom. The molecule has 2 atom stereocenters. The van der Waals surface area contributed by atoms with Crippen LogP contribution in [0.2, 0.25) is 0 Å². The van der Waals surface area contributed by atoms with Crippen molar-refractivity contribution in [1.82, 2.24) is 20.2 Å². The van der Waals surface area contributed by atoms with E-state index in [1.54, 1.807) is 4.90 Å². The number of carbonyl (C=O) groups excluding carboxylic acids is 2. The van der Waals surface area contributed by atoms with E-state index in [1.165, 1.54) is 7.11 Å². The molecule has 2 N–H and O–H groups in total. The van der Waals surface area contributed by atoms with Crippen LogP contribution in [-0.2, 0) is 9.53 Å². The first-order chi connectivity index (χ1) is 14.6. The maximum Gasteiger partial charge on any atom is 0.407 e. The smallest absolute Gasteiger partial charge is 0.407 e. The number of fused-ring (bicyclic) bond motifs is 1. The Balaban J connectivity index is 1.65. The van der Waals surface area contributed by atoms with Gasteiger partial charge in [0, 0.05) is 12.1 Å². The molecular weight excluding hydrogens is 380 g/mol. The van der Waals surface area contributed by atoms with Crippen LogP contribution in [0.25, 0.3) is 11.0 Å². The second-order valence-corrected chi connectivity index (χ2v) is 7.17. The Morgan fingerprint density at radius 1 is 1.30 bits per heavy atom. The predicted octanol–water partition coefficient (Wildman–Crippen LogP) is 3.31. The largest absolute Gasteiger partial charge is 0.453 e. The first-order valence-corrected chi connectivity index (χ1v) is 9.77. The lowest BCUT2D eigenvalue weighted by atomic mass is 10.1. The number of alkyl carbamates (subject to hydrolysis) is 1. The molecule has 152 valence electrons. The van der Waals surface area contributed by atoms with Crippen LogP contribution in [0.4, 0.5) is 4.79 Å². The summed E-state index contributed by atoms with van der Waals surface area (Å²) in [6.07, 6.45) is 6.47. The van der Waals surface area contributed by atoms with Gasteiger partial charge in [-0.25, -0.2) is 9.78 Å². The Hall–Kier alpha value is -3.79. The van der Waals surface area contributed by atoms with Crippen molar-refractivity contribution in [3.8, 4) is 12.3 Å². The van der Waals surface area contributed by atoms with Crippen LogP contribution in [-0.4, -0.2) is 40.5 Å². The minimum Gasteiger partial charge on any atom is -0.453 e. The molecule has 0 spiro atoms. The van der Waals surface area contributed by atoms with Crippen molar-refractivity contribution in [2.75, 3.05) is 13.7 Å². The molecule has 0 bridgehead atoms. The number of ether oxygens (including phenoxy) is 1. The fraction of sp³-hybridized carbons (Fsp3) is 0.261. The number of terminal acetylenes is 1. The predicted molar refractivity (Wildman–Crippen MR) is 112 cm³/mol. The van der Waals surface area contributed by atoms with Gasteiger partial charge in [-0.1, -0.05) is 36.3 Å². The molecule has 1 aliphatic heterocycles. The molecule has 0 saturated carbocycles. The molecule has 0 radical (unpaired) electrons. The molecule has 0 aliphatic carbocycles. The van der Waals surface area contributed by atoms with E-state index in [0.717, 1.165) is 35.3 Å². The van der Waals surface area contributed by atoms with Crippen molar-refractivity contribution in [1.29, 1.82) is 0 Å². The summed E-state index contributed by atoms with van der Waals surface area (Å²) in [6.45, 7) is 0.586. The monoisotopic (exact) mass is 402 g/mol. The lowest BCUT2D eigenvalue weighted by Crippen LogP contribution is -2.42. The summed E-state index contributed by atoms with van der Waals surface area (Å²) >= 11 is 0. The number of amides is 2. The maximum atomic E-state index is 13.5. The molecule has 3 aromatic rings. The quantitative estimate of drug-likeness (QED) is 0.656. The number of rotatable bonds is 4. The summed E-state index contributed by atoms with van der Waals surface area (Å²) in [5.41, 5.74) is 3.09. The van der Waals surface area contributed by atoms with E-state index in [4.69, 9.17) is 11.2 Å². The number of methoxy groups -OCH3 is 1. The Morgan fingerprint density at radius 3 is 2.83 bits per heavy atom. The van der Waals surface area contributed by atoms with Crippen molar-refractivity contribution >= 4 is 23.0 Å². The lowest BCUT2D eigenvalue weighted by molar-refractivity contribution is -0.134. The van der Waals surface area contributed by atoms with Gasteiger partial charge in [0.1, 0.15) is 11.9 Å². The molecule has 1 aliphatic rings. The molecule has 7 nitrogen and oxygen atoms in total. The van der Waals surface area contributed by atoms with Gasteiger partial charge in [-0.05, 0) is 36.6 Å². The highest BCUT2D eigenvalue weighted by Gasteiger charge is 2.37. The van der Waals surface area contributed by atoms with Gasteiger partial charge < -0.3 is 19.9 Å².